The van der Waals surface area contributed by atoms with Crippen molar-refractivity contribution in [3.63, 3.8) is 0 Å². The maximum Gasteiger partial charge on any atom is 0.0682 e. The third kappa shape index (κ3) is 1.90. The summed E-state index contributed by atoms with van der Waals surface area (Å²) in [6.07, 6.45) is 1.57. The van der Waals surface area contributed by atoms with Crippen LogP contribution < -0.4 is 0 Å². The van der Waals surface area contributed by atoms with Crippen molar-refractivity contribution in [2.75, 3.05) is 0 Å². The highest BCUT2D eigenvalue weighted by molar-refractivity contribution is 4.99. The fourth-order valence-corrected chi connectivity index (χ4v) is 1.75. The van der Waals surface area contributed by atoms with Crippen LogP contribution in [0, 0.1) is 10.8 Å². The molecule has 1 unspecified atom stereocenters. The molecule has 0 saturated carbocycles. The first-order valence-corrected chi connectivity index (χ1v) is 5.24. The molecule has 0 aromatic heterocycles. The lowest BCUT2D eigenvalue weighted by Gasteiger charge is -2.33. The monoisotopic (exact) mass is 184 g/mol. The summed E-state index contributed by atoms with van der Waals surface area (Å²) in [5.41, 5.74) is 0.584. The van der Waals surface area contributed by atoms with Gasteiger partial charge >= 0.3 is 0 Å². The van der Waals surface area contributed by atoms with Crippen molar-refractivity contribution in [3.8, 4) is 0 Å². The molecule has 0 radical (unpaired) electrons. The van der Waals surface area contributed by atoms with Crippen LogP contribution in [0.2, 0.25) is 0 Å². The summed E-state index contributed by atoms with van der Waals surface area (Å²) in [4.78, 5) is 0. The Labute approximate surface area is 82.9 Å². The summed E-state index contributed by atoms with van der Waals surface area (Å²) in [6.45, 7) is 15.8. The van der Waals surface area contributed by atoms with Crippen LogP contribution in [0.3, 0.4) is 0 Å². The van der Waals surface area contributed by atoms with Gasteiger partial charge in [0, 0.05) is 0 Å². The van der Waals surface area contributed by atoms with E-state index in [0.717, 1.165) is 0 Å². The molecule has 0 aromatic carbocycles. The van der Waals surface area contributed by atoms with Crippen LogP contribution in [0.25, 0.3) is 0 Å². The summed E-state index contributed by atoms with van der Waals surface area (Å²) >= 11 is 0. The Balaban J connectivity index is 2.83. The smallest absolute Gasteiger partial charge is 0.0682 e. The highest BCUT2D eigenvalue weighted by Crippen LogP contribution is 2.49. The third-order valence-corrected chi connectivity index (χ3v) is 3.73. The van der Waals surface area contributed by atoms with Crippen LogP contribution in [-0.4, -0.2) is 11.7 Å². The molecule has 0 N–H and O–H groups in total. The van der Waals surface area contributed by atoms with E-state index in [-0.39, 0.29) is 11.0 Å². The summed E-state index contributed by atoms with van der Waals surface area (Å²) < 4.78 is 6.13. The van der Waals surface area contributed by atoms with Gasteiger partial charge in [-0.15, -0.1) is 0 Å². The van der Waals surface area contributed by atoms with Crippen LogP contribution in [0.1, 0.15) is 54.9 Å². The maximum atomic E-state index is 6.13. The molecule has 1 aliphatic heterocycles. The average molecular weight is 184 g/mol. The molecule has 0 amide bonds. The fourth-order valence-electron chi connectivity index (χ4n) is 1.75. The minimum Gasteiger partial charge on any atom is -0.371 e. The lowest BCUT2D eigenvalue weighted by molar-refractivity contribution is -0.0827. The normalized spacial score (nSPS) is 32.1. The predicted octanol–water partition coefficient (Wildman–Crippen LogP) is 3.63. The van der Waals surface area contributed by atoms with E-state index < -0.39 is 0 Å². The molecule has 1 fully saturated rings. The molecular weight excluding hydrogens is 160 g/mol. The second-order valence-corrected chi connectivity index (χ2v) is 6.57. The Kier molecular flexibility index (Phi) is 2.31. The van der Waals surface area contributed by atoms with Gasteiger partial charge in [-0.25, -0.2) is 0 Å². The number of hydrogen-bond acceptors (Lipinski definition) is 1. The van der Waals surface area contributed by atoms with Gasteiger partial charge in [0.25, 0.3) is 0 Å². The van der Waals surface area contributed by atoms with Crippen molar-refractivity contribution in [2.45, 2.75) is 66.6 Å². The SMILES string of the molecule is CC(C)(C)C1CC(C)(C)C(C)(C)O1. The van der Waals surface area contributed by atoms with Crippen molar-refractivity contribution in [3.05, 3.63) is 0 Å². The van der Waals surface area contributed by atoms with E-state index in [9.17, 15) is 0 Å². The molecule has 78 valence electrons. The Morgan fingerprint density at radius 1 is 1.08 bits per heavy atom. The van der Waals surface area contributed by atoms with E-state index in [1.807, 2.05) is 0 Å². The zero-order valence-electron chi connectivity index (χ0n) is 10.2. The molecule has 1 atom stereocenters. The van der Waals surface area contributed by atoms with E-state index in [4.69, 9.17) is 4.74 Å². The second-order valence-electron chi connectivity index (χ2n) is 6.57. The first kappa shape index (κ1) is 11.0. The van der Waals surface area contributed by atoms with Gasteiger partial charge in [-0.05, 0) is 31.1 Å². The molecule has 1 rings (SSSR count). The standard InChI is InChI=1S/C12H24O/c1-10(2,3)9-8-11(4,5)12(6,7)13-9/h9H,8H2,1-7H3. The molecule has 1 heteroatoms. The summed E-state index contributed by atoms with van der Waals surface area (Å²) in [6, 6.07) is 0. The molecule has 1 heterocycles. The number of ether oxygens (including phenoxy) is 1. The summed E-state index contributed by atoms with van der Waals surface area (Å²) in [7, 11) is 0. The highest BCUT2D eigenvalue weighted by Gasteiger charge is 2.50. The van der Waals surface area contributed by atoms with E-state index in [0.29, 0.717) is 11.5 Å². The molecule has 0 spiro atoms. The van der Waals surface area contributed by atoms with Gasteiger partial charge in [0.05, 0.1) is 11.7 Å². The van der Waals surface area contributed by atoms with Gasteiger partial charge in [-0.1, -0.05) is 34.6 Å². The van der Waals surface area contributed by atoms with Gasteiger partial charge < -0.3 is 4.74 Å². The summed E-state index contributed by atoms with van der Waals surface area (Å²) in [5, 5.41) is 0. The largest absolute Gasteiger partial charge is 0.371 e. The van der Waals surface area contributed by atoms with E-state index in [1.54, 1.807) is 0 Å². The Bertz CT molecular complexity index is 180. The van der Waals surface area contributed by atoms with Gasteiger partial charge in [0.15, 0.2) is 0 Å². The average Bonchev–Trinajstić information content (AvgIpc) is 2.00. The third-order valence-electron chi connectivity index (χ3n) is 3.73. The lowest BCUT2D eigenvalue weighted by atomic mass is 9.73. The number of rotatable bonds is 0. The van der Waals surface area contributed by atoms with E-state index in [1.165, 1.54) is 6.42 Å². The van der Waals surface area contributed by atoms with Gasteiger partial charge in [-0.2, -0.15) is 0 Å². The van der Waals surface area contributed by atoms with Gasteiger partial charge in [-0.3, -0.25) is 0 Å². The van der Waals surface area contributed by atoms with Crippen LogP contribution in [-0.2, 0) is 4.74 Å². The molecule has 0 aromatic rings. The minimum atomic E-state index is 0.0188. The zero-order valence-corrected chi connectivity index (χ0v) is 10.2. The Hall–Kier alpha value is -0.0400. The fraction of sp³-hybridized carbons (Fsp3) is 1.00. The molecular formula is C12H24O. The van der Waals surface area contributed by atoms with Crippen LogP contribution >= 0.6 is 0 Å². The summed E-state index contributed by atoms with van der Waals surface area (Å²) in [5.74, 6) is 0. The van der Waals surface area contributed by atoms with Crippen molar-refractivity contribution in [1.29, 1.82) is 0 Å². The lowest BCUT2D eigenvalue weighted by Crippen LogP contribution is -2.35. The molecule has 0 aliphatic carbocycles. The Morgan fingerprint density at radius 2 is 1.54 bits per heavy atom. The first-order valence-electron chi connectivity index (χ1n) is 5.24. The van der Waals surface area contributed by atoms with Crippen LogP contribution in [0.5, 0.6) is 0 Å². The molecule has 1 saturated heterocycles. The molecule has 0 bridgehead atoms. The molecule has 1 aliphatic rings. The quantitative estimate of drug-likeness (QED) is 0.558. The maximum absolute atomic E-state index is 6.13. The van der Waals surface area contributed by atoms with Crippen molar-refractivity contribution in [2.24, 2.45) is 10.8 Å². The highest BCUT2D eigenvalue weighted by atomic mass is 16.5. The molecule has 1 nitrogen and oxygen atoms in total. The van der Waals surface area contributed by atoms with Crippen molar-refractivity contribution in [1.82, 2.24) is 0 Å². The zero-order chi connectivity index (χ0) is 10.5. The minimum absolute atomic E-state index is 0.0188. The topological polar surface area (TPSA) is 9.23 Å². The second kappa shape index (κ2) is 2.73. The first-order chi connectivity index (χ1) is 5.56. The number of hydrogen-bond donors (Lipinski definition) is 0. The molecule has 13 heavy (non-hydrogen) atoms. The van der Waals surface area contributed by atoms with Crippen LogP contribution in [0.15, 0.2) is 0 Å². The van der Waals surface area contributed by atoms with Crippen LogP contribution in [0.4, 0.5) is 0 Å². The van der Waals surface area contributed by atoms with Gasteiger partial charge in [0.2, 0.25) is 0 Å². The Morgan fingerprint density at radius 3 is 1.69 bits per heavy atom. The van der Waals surface area contributed by atoms with E-state index >= 15 is 0 Å². The van der Waals surface area contributed by atoms with E-state index in [2.05, 4.69) is 48.5 Å². The predicted molar refractivity (Wildman–Crippen MR) is 56.8 cm³/mol. The van der Waals surface area contributed by atoms with Crippen molar-refractivity contribution >= 4 is 0 Å². The van der Waals surface area contributed by atoms with Gasteiger partial charge in [0.1, 0.15) is 0 Å². The van der Waals surface area contributed by atoms with Crippen molar-refractivity contribution < 1.29 is 4.74 Å².